The Kier molecular flexibility index (Phi) is 5.53. The van der Waals surface area contributed by atoms with Crippen molar-refractivity contribution in [1.29, 1.82) is 0 Å². The number of nitrogens with zero attached hydrogens (tertiary/aromatic N) is 3. The number of carbonyl (C=O) groups excluding carboxylic acids is 1. The zero-order valence-electron chi connectivity index (χ0n) is 18.3. The van der Waals surface area contributed by atoms with E-state index in [0.29, 0.717) is 18.2 Å². The van der Waals surface area contributed by atoms with E-state index in [1.165, 1.54) is 11.1 Å². The van der Waals surface area contributed by atoms with Crippen molar-refractivity contribution in [2.45, 2.75) is 44.4 Å². The lowest BCUT2D eigenvalue weighted by molar-refractivity contribution is -0.134. The lowest BCUT2D eigenvalue weighted by Gasteiger charge is -2.41. The first kappa shape index (κ1) is 20.3. The molecule has 0 saturated carbocycles. The van der Waals surface area contributed by atoms with Crippen molar-refractivity contribution in [3.05, 3.63) is 71.7 Å². The molecule has 0 unspecified atom stereocenters. The Morgan fingerprint density at radius 2 is 1.84 bits per heavy atom. The van der Waals surface area contributed by atoms with E-state index < -0.39 is 0 Å². The summed E-state index contributed by atoms with van der Waals surface area (Å²) in [5.74, 6) is 0.780. The number of fused-ring (bicyclic) bond motifs is 1. The highest BCUT2D eigenvalue weighted by Crippen LogP contribution is 2.41. The molecule has 5 nitrogen and oxygen atoms in total. The lowest BCUT2D eigenvalue weighted by Crippen LogP contribution is -2.46. The Labute approximate surface area is 184 Å². The standard InChI is InChI=1S/C26H31N3O2/c1-20-6-5-13-29-19-23(27-25(20)29)26(22-7-3-2-4-8-22)11-14-28(15-12-26)24(30)18-21-9-16-31-17-10-21/h2-8,13,19,21H,9-12,14-18H2,1H3. The molecule has 2 aromatic heterocycles. The third-order valence-electron chi connectivity index (χ3n) is 7.27. The number of ether oxygens (including phenoxy) is 1. The van der Waals surface area contributed by atoms with E-state index in [4.69, 9.17) is 9.72 Å². The molecular formula is C26H31N3O2. The highest BCUT2D eigenvalue weighted by Gasteiger charge is 2.41. The van der Waals surface area contributed by atoms with Crippen LogP contribution in [0.2, 0.25) is 0 Å². The van der Waals surface area contributed by atoms with Gasteiger partial charge in [0.2, 0.25) is 5.91 Å². The quantitative estimate of drug-likeness (QED) is 0.633. The summed E-state index contributed by atoms with van der Waals surface area (Å²) in [5.41, 5.74) is 4.46. The maximum absolute atomic E-state index is 13.0. The second-order valence-electron chi connectivity index (χ2n) is 9.14. The van der Waals surface area contributed by atoms with Crippen LogP contribution in [0.25, 0.3) is 5.65 Å². The molecule has 3 aromatic rings. The van der Waals surface area contributed by atoms with E-state index in [-0.39, 0.29) is 5.41 Å². The molecule has 0 radical (unpaired) electrons. The topological polar surface area (TPSA) is 46.8 Å². The first-order valence-electron chi connectivity index (χ1n) is 11.5. The van der Waals surface area contributed by atoms with Crippen molar-refractivity contribution in [3.63, 3.8) is 0 Å². The van der Waals surface area contributed by atoms with Gasteiger partial charge in [0.15, 0.2) is 0 Å². The summed E-state index contributed by atoms with van der Waals surface area (Å²) in [6.07, 6.45) is 8.75. The van der Waals surface area contributed by atoms with Gasteiger partial charge < -0.3 is 14.0 Å². The Balaban J connectivity index is 1.41. The molecule has 2 saturated heterocycles. The molecule has 0 bridgehead atoms. The average Bonchev–Trinajstić information content (AvgIpc) is 3.27. The van der Waals surface area contributed by atoms with Gasteiger partial charge in [0, 0.05) is 50.5 Å². The number of likely N-dealkylation sites (tertiary alicyclic amines) is 1. The molecule has 162 valence electrons. The van der Waals surface area contributed by atoms with Gasteiger partial charge in [0.1, 0.15) is 5.65 Å². The van der Waals surface area contributed by atoms with Crippen LogP contribution < -0.4 is 0 Å². The minimum atomic E-state index is -0.158. The van der Waals surface area contributed by atoms with Gasteiger partial charge in [-0.15, -0.1) is 0 Å². The molecule has 0 atom stereocenters. The first-order valence-corrected chi connectivity index (χ1v) is 11.5. The highest BCUT2D eigenvalue weighted by atomic mass is 16.5. The predicted molar refractivity (Wildman–Crippen MR) is 121 cm³/mol. The fourth-order valence-corrected chi connectivity index (χ4v) is 5.30. The third-order valence-corrected chi connectivity index (χ3v) is 7.27. The number of imidazole rings is 1. The zero-order valence-corrected chi connectivity index (χ0v) is 18.3. The number of hydrogen-bond donors (Lipinski definition) is 0. The van der Waals surface area contributed by atoms with Gasteiger partial charge in [-0.05, 0) is 55.7 Å². The maximum Gasteiger partial charge on any atom is 0.222 e. The Bertz CT molecular complexity index is 1040. The summed E-state index contributed by atoms with van der Waals surface area (Å²) in [6, 6.07) is 14.9. The fraction of sp³-hybridized carbons (Fsp3) is 0.462. The maximum atomic E-state index is 13.0. The average molecular weight is 418 g/mol. The summed E-state index contributed by atoms with van der Waals surface area (Å²) >= 11 is 0. The molecule has 2 fully saturated rings. The zero-order chi connectivity index (χ0) is 21.3. The summed E-state index contributed by atoms with van der Waals surface area (Å²) in [7, 11) is 0. The Morgan fingerprint density at radius 1 is 1.10 bits per heavy atom. The number of piperidine rings is 1. The van der Waals surface area contributed by atoms with Crippen LogP contribution in [0.3, 0.4) is 0 Å². The normalized spacial score (nSPS) is 19.6. The molecule has 1 aromatic carbocycles. The Morgan fingerprint density at radius 3 is 2.55 bits per heavy atom. The molecular weight excluding hydrogens is 386 g/mol. The highest BCUT2D eigenvalue weighted by molar-refractivity contribution is 5.76. The molecule has 5 rings (SSSR count). The summed E-state index contributed by atoms with van der Waals surface area (Å²) in [6.45, 7) is 5.26. The van der Waals surface area contributed by atoms with Crippen LogP contribution in [-0.4, -0.2) is 46.5 Å². The third kappa shape index (κ3) is 3.87. The van der Waals surface area contributed by atoms with Gasteiger partial charge in [0.25, 0.3) is 0 Å². The SMILES string of the molecule is Cc1cccn2cc(C3(c4ccccc4)CCN(C(=O)CC4CCOCC4)CC3)nc12. The monoisotopic (exact) mass is 417 g/mol. The van der Waals surface area contributed by atoms with Crippen molar-refractivity contribution in [2.75, 3.05) is 26.3 Å². The van der Waals surface area contributed by atoms with Gasteiger partial charge in [-0.2, -0.15) is 0 Å². The van der Waals surface area contributed by atoms with Gasteiger partial charge in [-0.1, -0.05) is 36.4 Å². The number of hydrogen-bond acceptors (Lipinski definition) is 3. The second-order valence-corrected chi connectivity index (χ2v) is 9.14. The molecule has 0 aliphatic carbocycles. The lowest BCUT2D eigenvalue weighted by atomic mass is 9.70. The van der Waals surface area contributed by atoms with Crippen molar-refractivity contribution in [2.24, 2.45) is 5.92 Å². The van der Waals surface area contributed by atoms with Gasteiger partial charge >= 0.3 is 0 Å². The number of pyridine rings is 1. The van der Waals surface area contributed by atoms with Crippen LogP contribution in [0.15, 0.2) is 54.9 Å². The number of aryl methyl sites for hydroxylation is 1. The van der Waals surface area contributed by atoms with Crippen LogP contribution in [0.4, 0.5) is 0 Å². The van der Waals surface area contributed by atoms with E-state index in [1.807, 2.05) is 0 Å². The second kappa shape index (κ2) is 8.46. The Hall–Kier alpha value is -2.66. The van der Waals surface area contributed by atoms with Crippen molar-refractivity contribution in [1.82, 2.24) is 14.3 Å². The summed E-state index contributed by atoms with van der Waals surface area (Å²) in [4.78, 5) is 20.2. The molecule has 2 aliphatic rings. The molecule has 1 amide bonds. The fourth-order valence-electron chi connectivity index (χ4n) is 5.30. The van der Waals surface area contributed by atoms with Crippen molar-refractivity contribution < 1.29 is 9.53 Å². The number of carbonyl (C=O) groups is 1. The molecule has 5 heteroatoms. The molecule has 31 heavy (non-hydrogen) atoms. The predicted octanol–water partition coefficient (Wildman–Crippen LogP) is 4.37. The summed E-state index contributed by atoms with van der Waals surface area (Å²) < 4.78 is 7.59. The molecule has 0 N–H and O–H groups in total. The van der Waals surface area contributed by atoms with E-state index in [2.05, 4.69) is 71.1 Å². The van der Waals surface area contributed by atoms with Gasteiger partial charge in [-0.25, -0.2) is 4.98 Å². The van der Waals surface area contributed by atoms with E-state index in [1.54, 1.807) is 0 Å². The van der Waals surface area contributed by atoms with Crippen molar-refractivity contribution >= 4 is 11.6 Å². The van der Waals surface area contributed by atoms with Crippen LogP contribution in [0, 0.1) is 12.8 Å². The van der Waals surface area contributed by atoms with E-state index >= 15 is 0 Å². The number of rotatable bonds is 4. The molecule has 2 aliphatic heterocycles. The minimum absolute atomic E-state index is 0.158. The van der Waals surface area contributed by atoms with Gasteiger partial charge in [0.05, 0.1) is 5.69 Å². The molecule has 4 heterocycles. The first-order chi connectivity index (χ1) is 15.2. The van der Waals surface area contributed by atoms with Gasteiger partial charge in [-0.3, -0.25) is 4.79 Å². The smallest absolute Gasteiger partial charge is 0.222 e. The van der Waals surface area contributed by atoms with Crippen LogP contribution in [-0.2, 0) is 14.9 Å². The van der Waals surface area contributed by atoms with Crippen molar-refractivity contribution in [3.8, 4) is 0 Å². The van der Waals surface area contributed by atoms with Crippen LogP contribution in [0.5, 0.6) is 0 Å². The largest absolute Gasteiger partial charge is 0.381 e. The van der Waals surface area contributed by atoms with E-state index in [0.717, 1.165) is 63.3 Å². The number of amides is 1. The summed E-state index contributed by atoms with van der Waals surface area (Å²) in [5, 5.41) is 0. The van der Waals surface area contributed by atoms with Crippen LogP contribution >= 0.6 is 0 Å². The number of benzene rings is 1. The number of aromatic nitrogens is 2. The van der Waals surface area contributed by atoms with Crippen LogP contribution in [0.1, 0.15) is 48.9 Å². The minimum Gasteiger partial charge on any atom is -0.381 e. The molecule has 0 spiro atoms. The van der Waals surface area contributed by atoms with E-state index in [9.17, 15) is 4.79 Å².